The summed E-state index contributed by atoms with van der Waals surface area (Å²) < 4.78 is 11.3. The predicted octanol–water partition coefficient (Wildman–Crippen LogP) is 8.67. The van der Waals surface area contributed by atoms with Gasteiger partial charge in [-0.25, -0.2) is 0 Å². The molecule has 0 aromatic heterocycles. The SMILES string of the molecule is CC(C)CCCCC1CCC2C3CC=C4CC(OC(=O)C(C)C(=O)OC(C)(C)C)CCC4(C)C3CCC12C. The van der Waals surface area contributed by atoms with Crippen molar-refractivity contribution < 1.29 is 19.1 Å². The van der Waals surface area contributed by atoms with Crippen LogP contribution in [0.15, 0.2) is 11.6 Å². The van der Waals surface area contributed by atoms with Gasteiger partial charge in [0.15, 0.2) is 5.92 Å². The smallest absolute Gasteiger partial charge is 0.320 e. The summed E-state index contributed by atoms with van der Waals surface area (Å²) in [6, 6.07) is 0. The molecule has 0 N–H and O–H groups in total. The van der Waals surface area contributed by atoms with Crippen LogP contribution in [0.2, 0.25) is 0 Å². The molecule has 38 heavy (non-hydrogen) atoms. The van der Waals surface area contributed by atoms with Crippen molar-refractivity contribution >= 4 is 11.9 Å². The van der Waals surface area contributed by atoms with Gasteiger partial charge < -0.3 is 9.47 Å². The van der Waals surface area contributed by atoms with Gasteiger partial charge in [-0.05, 0) is 119 Å². The molecule has 0 amide bonds. The van der Waals surface area contributed by atoms with E-state index in [9.17, 15) is 9.59 Å². The van der Waals surface area contributed by atoms with Gasteiger partial charge in [0.2, 0.25) is 0 Å². The molecule has 8 unspecified atom stereocenters. The number of carbonyl (C=O) groups is 2. The van der Waals surface area contributed by atoms with Gasteiger partial charge in [0.25, 0.3) is 0 Å². The Labute approximate surface area is 233 Å². The maximum absolute atomic E-state index is 12.8. The Morgan fingerprint density at radius 3 is 2.39 bits per heavy atom. The fraction of sp³-hybridized carbons (Fsp3) is 0.882. The summed E-state index contributed by atoms with van der Waals surface area (Å²) in [6.07, 6.45) is 17.6. The number of hydrogen-bond acceptors (Lipinski definition) is 4. The highest BCUT2D eigenvalue weighted by molar-refractivity contribution is 5.94. The van der Waals surface area contributed by atoms with Crippen LogP contribution < -0.4 is 0 Å². The van der Waals surface area contributed by atoms with Gasteiger partial charge in [0.05, 0.1) is 0 Å². The Hall–Kier alpha value is -1.32. The fourth-order valence-electron chi connectivity index (χ4n) is 9.01. The largest absolute Gasteiger partial charge is 0.461 e. The number of carbonyl (C=O) groups excluding carboxylic acids is 2. The Morgan fingerprint density at radius 2 is 1.71 bits per heavy atom. The van der Waals surface area contributed by atoms with Crippen molar-refractivity contribution in [2.45, 2.75) is 144 Å². The average Bonchev–Trinajstić information content (AvgIpc) is 3.16. The Morgan fingerprint density at radius 1 is 0.974 bits per heavy atom. The molecular formula is C34H56O4. The van der Waals surface area contributed by atoms with Crippen molar-refractivity contribution in [1.29, 1.82) is 0 Å². The van der Waals surface area contributed by atoms with Crippen molar-refractivity contribution in [2.24, 2.45) is 46.3 Å². The second-order valence-corrected chi connectivity index (χ2v) is 15.3. The van der Waals surface area contributed by atoms with E-state index in [1.165, 1.54) is 63.4 Å². The van der Waals surface area contributed by atoms with Gasteiger partial charge in [-0.1, -0.05) is 58.6 Å². The molecule has 3 saturated carbocycles. The van der Waals surface area contributed by atoms with Crippen LogP contribution in [-0.2, 0) is 19.1 Å². The van der Waals surface area contributed by atoms with E-state index in [1.807, 2.05) is 20.8 Å². The summed E-state index contributed by atoms with van der Waals surface area (Å²) in [5, 5.41) is 0. The van der Waals surface area contributed by atoms with Crippen molar-refractivity contribution in [3.05, 3.63) is 11.6 Å². The molecule has 0 aromatic rings. The summed E-state index contributed by atoms with van der Waals surface area (Å²) >= 11 is 0. The van der Waals surface area contributed by atoms with Crippen molar-refractivity contribution in [1.82, 2.24) is 0 Å². The van der Waals surface area contributed by atoms with Gasteiger partial charge in [-0.3, -0.25) is 9.59 Å². The lowest BCUT2D eigenvalue weighted by Gasteiger charge is -2.58. The van der Waals surface area contributed by atoms with E-state index in [0.717, 1.165) is 48.9 Å². The number of ether oxygens (including phenoxy) is 2. The van der Waals surface area contributed by atoms with Gasteiger partial charge in [0.1, 0.15) is 11.7 Å². The molecule has 4 heteroatoms. The maximum Gasteiger partial charge on any atom is 0.320 e. The molecule has 8 atom stereocenters. The lowest BCUT2D eigenvalue weighted by atomic mass is 9.47. The van der Waals surface area contributed by atoms with Crippen molar-refractivity contribution in [2.75, 3.05) is 0 Å². The molecule has 4 rings (SSSR count). The zero-order valence-electron chi connectivity index (χ0n) is 25.7. The Kier molecular flexibility index (Phi) is 8.80. The summed E-state index contributed by atoms with van der Waals surface area (Å²) in [5.41, 5.74) is 1.68. The van der Waals surface area contributed by atoms with E-state index in [0.29, 0.717) is 5.41 Å². The highest BCUT2D eigenvalue weighted by Gasteiger charge is 2.58. The monoisotopic (exact) mass is 528 g/mol. The quantitative estimate of drug-likeness (QED) is 0.137. The first kappa shape index (κ1) is 29.7. The predicted molar refractivity (Wildman–Crippen MR) is 153 cm³/mol. The van der Waals surface area contributed by atoms with Gasteiger partial charge in [-0.2, -0.15) is 0 Å². The van der Waals surface area contributed by atoms with E-state index in [4.69, 9.17) is 9.47 Å². The summed E-state index contributed by atoms with van der Waals surface area (Å²) in [5.74, 6) is 2.37. The molecule has 0 aliphatic heterocycles. The summed E-state index contributed by atoms with van der Waals surface area (Å²) in [6.45, 7) is 16.9. The number of allylic oxidation sites excluding steroid dienone is 1. The minimum absolute atomic E-state index is 0.126. The van der Waals surface area contributed by atoms with Crippen molar-refractivity contribution in [3.63, 3.8) is 0 Å². The summed E-state index contributed by atoms with van der Waals surface area (Å²) in [4.78, 5) is 25.2. The minimum atomic E-state index is -0.885. The number of unbranched alkanes of at least 4 members (excludes halogenated alkanes) is 1. The van der Waals surface area contributed by atoms with Crippen LogP contribution in [0.25, 0.3) is 0 Å². The lowest BCUT2D eigenvalue weighted by molar-refractivity contribution is -0.171. The first-order valence-electron chi connectivity index (χ1n) is 15.9. The Bertz CT molecular complexity index is 897. The third-order valence-electron chi connectivity index (χ3n) is 11.2. The van der Waals surface area contributed by atoms with Gasteiger partial charge in [-0.15, -0.1) is 0 Å². The topological polar surface area (TPSA) is 52.6 Å². The standard InChI is InChI=1S/C34H56O4/c1-22(2)11-9-10-12-24-14-16-28-27-15-13-25-21-26(37-30(35)23(3)31(36)38-32(4,5)6)17-19-34(25,8)29(27)18-20-33(24,28)7/h13,22-24,26-29H,9-12,14-21H2,1-8H3. The van der Waals surface area contributed by atoms with E-state index < -0.39 is 23.5 Å². The molecule has 0 bridgehead atoms. The molecule has 0 spiro atoms. The first-order valence-corrected chi connectivity index (χ1v) is 15.9. The number of hydrogen-bond donors (Lipinski definition) is 0. The van der Waals surface area contributed by atoms with E-state index in [1.54, 1.807) is 6.92 Å². The van der Waals surface area contributed by atoms with Crippen LogP contribution in [0.4, 0.5) is 0 Å². The molecule has 4 aliphatic carbocycles. The van der Waals surface area contributed by atoms with E-state index >= 15 is 0 Å². The molecule has 216 valence electrons. The third-order valence-corrected chi connectivity index (χ3v) is 11.2. The maximum atomic E-state index is 12.8. The first-order chi connectivity index (χ1) is 17.7. The zero-order valence-corrected chi connectivity index (χ0v) is 25.7. The molecule has 0 heterocycles. The van der Waals surface area contributed by atoms with Crippen LogP contribution in [-0.4, -0.2) is 23.6 Å². The van der Waals surface area contributed by atoms with E-state index in [2.05, 4.69) is 33.8 Å². The number of esters is 2. The third kappa shape index (κ3) is 6.04. The second-order valence-electron chi connectivity index (χ2n) is 15.3. The molecular weight excluding hydrogens is 472 g/mol. The molecule has 0 radical (unpaired) electrons. The fourth-order valence-corrected chi connectivity index (χ4v) is 9.01. The average molecular weight is 529 g/mol. The van der Waals surface area contributed by atoms with Crippen LogP contribution in [0, 0.1) is 46.3 Å². The van der Waals surface area contributed by atoms with Crippen LogP contribution in [0.3, 0.4) is 0 Å². The zero-order chi connectivity index (χ0) is 27.9. The second kappa shape index (κ2) is 11.3. The lowest BCUT2D eigenvalue weighted by Crippen LogP contribution is -2.50. The minimum Gasteiger partial charge on any atom is -0.461 e. The molecule has 0 saturated heterocycles. The highest BCUT2D eigenvalue weighted by atomic mass is 16.6. The number of rotatable bonds is 8. The van der Waals surface area contributed by atoms with E-state index in [-0.39, 0.29) is 11.5 Å². The van der Waals surface area contributed by atoms with Gasteiger partial charge in [0, 0.05) is 6.42 Å². The number of fused-ring (bicyclic) bond motifs is 5. The molecule has 4 nitrogen and oxygen atoms in total. The molecule has 0 aromatic carbocycles. The van der Waals surface area contributed by atoms with Crippen LogP contribution >= 0.6 is 0 Å². The van der Waals surface area contributed by atoms with Crippen LogP contribution in [0.5, 0.6) is 0 Å². The van der Waals surface area contributed by atoms with Gasteiger partial charge >= 0.3 is 11.9 Å². The molecule has 3 fully saturated rings. The molecule has 4 aliphatic rings. The highest BCUT2D eigenvalue weighted by Crippen LogP contribution is 2.66. The van der Waals surface area contributed by atoms with Crippen LogP contribution in [0.1, 0.15) is 132 Å². The van der Waals surface area contributed by atoms with Crippen molar-refractivity contribution in [3.8, 4) is 0 Å². The summed E-state index contributed by atoms with van der Waals surface area (Å²) in [7, 11) is 0. The Balaban J connectivity index is 1.37. The normalized spacial score (nSPS) is 37.5.